The molecule has 2 aromatic rings. The number of hydrogen-bond donors (Lipinski definition) is 1. The molecule has 2 aliphatic heterocycles. The summed E-state index contributed by atoms with van der Waals surface area (Å²) in [5.74, 6) is -2.99. The molecule has 4 rings (SSSR count). The standard InChI is InChI=1S/C16H18F2N4OS.ClH/c17-16(18)9-12(19-10-16)14(23)21-5-7-22(8-6-21)15-20-11-3-1-2-4-13(11)24-15;/h1-4,12,19H,5-10H2;1H. The summed E-state index contributed by atoms with van der Waals surface area (Å²) in [5.41, 5.74) is 0.980. The van der Waals surface area contributed by atoms with Gasteiger partial charge in [-0.25, -0.2) is 13.8 Å². The van der Waals surface area contributed by atoms with Gasteiger partial charge in [0.05, 0.1) is 22.8 Å². The summed E-state index contributed by atoms with van der Waals surface area (Å²) in [6.45, 7) is 2.02. The molecule has 1 N–H and O–H groups in total. The minimum Gasteiger partial charge on any atom is -0.345 e. The fourth-order valence-electron chi connectivity index (χ4n) is 3.22. The van der Waals surface area contributed by atoms with Gasteiger partial charge >= 0.3 is 0 Å². The Morgan fingerprint density at radius 1 is 1.24 bits per heavy atom. The number of amides is 1. The first kappa shape index (κ1) is 18.3. The maximum atomic E-state index is 13.3. The molecule has 0 aliphatic carbocycles. The van der Waals surface area contributed by atoms with Crippen molar-refractivity contribution in [3.63, 3.8) is 0 Å². The fourth-order valence-corrected chi connectivity index (χ4v) is 4.24. The Morgan fingerprint density at radius 3 is 2.60 bits per heavy atom. The number of piperazine rings is 1. The van der Waals surface area contributed by atoms with Crippen LogP contribution in [0.5, 0.6) is 0 Å². The van der Waals surface area contributed by atoms with Crippen molar-refractivity contribution in [3.05, 3.63) is 24.3 Å². The lowest BCUT2D eigenvalue weighted by molar-refractivity contribution is -0.134. The molecule has 1 amide bonds. The Kier molecular flexibility index (Phi) is 5.13. The zero-order chi connectivity index (χ0) is 16.7. The molecule has 1 atom stereocenters. The van der Waals surface area contributed by atoms with E-state index in [1.807, 2.05) is 24.3 Å². The van der Waals surface area contributed by atoms with Gasteiger partial charge in [0.2, 0.25) is 5.91 Å². The molecule has 0 radical (unpaired) electrons. The summed E-state index contributed by atoms with van der Waals surface area (Å²) < 4.78 is 27.7. The maximum absolute atomic E-state index is 13.3. The van der Waals surface area contributed by atoms with Crippen LogP contribution in [0.3, 0.4) is 0 Å². The van der Waals surface area contributed by atoms with Gasteiger partial charge in [-0.1, -0.05) is 23.5 Å². The zero-order valence-corrected chi connectivity index (χ0v) is 15.1. The van der Waals surface area contributed by atoms with Gasteiger partial charge < -0.3 is 9.80 Å². The van der Waals surface area contributed by atoms with Crippen molar-refractivity contribution in [2.24, 2.45) is 0 Å². The van der Waals surface area contributed by atoms with E-state index in [1.54, 1.807) is 16.2 Å². The zero-order valence-electron chi connectivity index (χ0n) is 13.5. The molecule has 1 unspecified atom stereocenters. The van der Waals surface area contributed by atoms with Crippen molar-refractivity contribution in [2.45, 2.75) is 18.4 Å². The van der Waals surface area contributed by atoms with Crippen LogP contribution in [0.1, 0.15) is 6.42 Å². The first-order chi connectivity index (χ1) is 11.5. The number of nitrogens with one attached hydrogen (secondary N) is 1. The van der Waals surface area contributed by atoms with Gasteiger partial charge in [0, 0.05) is 32.6 Å². The second-order valence-electron chi connectivity index (χ2n) is 6.27. The molecule has 2 fully saturated rings. The van der Waals surface area contributed by atoms with E-state index in [-0.39, 0.29) is 18.3 Å². The van der Waals surface area contributed by atoms with Gasteiger partial charge in [0.25, 0.3) is 5.92 Å². The second kappa shape index (κ2) is 7.01. The minimum absolute atomic E-state index is 0. The third-order valence-electron chi connectivity index (χ3n) is 4.55. The predicted molar refractivity (Wildman–Crippen MR) is 97.0 cm³/mol. The normalized spacial score (nSPS) is 22.9. The van der Waals surface area contributed by atoms with Crippen LogP contribution in [0.15, 0.2) is 24.3 Å². The molecule has 1 aromatic heterocycles. The van der Waals surface area contributed by atoms with Gasteiger partial charge in [0.15, 0.2) is 5.13 Å². The molecule has 2 aliphatic rings. The van der Waals surface area contributed by atoms with Crippen molar-refractivity contribution >= 4 is 45.0 Å². The number of anilines is 1. The van der Waals surface area contributed by atoms with E-state index in [4.69, 9.17) is 0 Å². The lowest BCUT2D eigenvalue weighted by atomic mass is 10.1. The van der Waals surface area contributed by atoms with Crippen LogP contribution in [-0.2, 0) is 4.79 Å². The number of para-hydroxylation sites is 1. The number of hydrogen-bond acceptors (Lipinski definition) is 5. The summed E-state index contributed by atoms with van der Waals surface area (Å²) >= 11 is 1.64. The Balaban J connectivity index is 0.00000182. The number of aromatic nitrogens is 1. The largest absolute Gasteiger partial charge is 0.345 e. The van der Waals surface area contributed by atoms with Gasteiger partial charge in [-0.05, 0) is 12.1 Å². The number of thiazole rings is 1. The van der Waals surface area contributed by atoms with Crippen molar-refractivity contribution < 1.29 is 13.6 Å². The van der Waals surface area contributed by atoms with Crippen molar-refractivity contribution in [3.8, 4) is 0 Å². The molecule has 0 spiro atoms. The average Bonchev–Trinajstić information content (AvgIpc) is 3.17. The van der Waals surface area contributed by atoms with Gasteiger partial charge in [-0.15, -0.1) is 12.4 Å². The first-order valence-electron chi connectivity index (χ1n) is 8.02. The van der Waals surface area contributed by atoms with Crippen LogP contribution in [-0.4, -0.2) is 60.5 Å². The Morgan fingerprint density at radius 2 is 1.96 bits per heavy atom. The van der Waals surface area contributed by atoms with Crippen LogP contribution in [0.25, 0.3) is 10.2 Å². The predicted octanol–water partition coefficient (Wildman–Crippen LogP) is 2.36. The van der Waals surface area contributed by atoms with Crippen LogP contribution in [0, 0.1) is 0 Å². The minimum atomic E-state index is -2.77. The van der Waals surface area contributed by atoms with Crippen LogP contribution >= 0.6 is 23.7 Å². The Hall–Kier alpha value is -1.51. The lowest BCUT2D eigenvalue weighted by Crippen LogP contribution is -2.53. The van der Waals surface area contributed by atoms with E-state index < -0.39 is 24.9 Å². The molecule has 0 bridgehead atoms. The lowest BCUT2D eigenvalue weighted by Gasteiger charge is -2.35. The molecule has 25 heavy (non-hydrogen) atoms. The molecular weight excluding hydrogens is 370 g/mol. The number of carbonyl (C=O) groups is 1. The number of nitrogens with zero attached hydrogens (tertiary/aromatic N) is 3. The third kappa shape index (κ3) is 3.70. The Bertz CT molecular complexity index is 730. The first-order valence-corrected chi connectivity index (χ1v) is 8.84. The number of benzene rings is 1. The quantitative estimate of drug-likeness (QED) is 0.858. The number of rotatable bonds is 2. The molecule has 5 nitrogen and oxygen atoms in total. The van der Waals surface area contributed by atoms with Crippen molar-refractivity contribution in [2.75, 3.05) is 37.6 Å². The van der Waals surface area contributed by atoms with E-state index in [0.717, 1.165) is 15.3 Å². The van der Waals surface area contributed by atoms with E-state index in [0.29, 0.717) is 26.2 Å². The second-order valence-corrected chi connectivity index (χ2v) is 7.28. The number of halogens is 3. The average molecular weight is 389 g/mol. The highest BCUT2D eigenvalue weighted by molar-refractivity contribution is 7.22. The van der Waals surface area contributed by atoms with Crippen LogP contribution in [0.4, 0.5) is 13.9 Å². The topological polar surface area (TPSA) is 48.5 Å². The van der Waals surface area contributed by atoms with Gasteiger partial charge in [0.1, 0.15) is 0 Å². The summed E-state index contributed by atoms with van der Waals surface area (Å²) in [6, 6.07) is 7.23. The molecule has 9 heteroatoms. The van der Waals surface area contributed by atoms with Gasteiger partial charge in [-0.2, -0.15) is 0 Å². The summed E-state index contributed by atoms with van der Waals surface area (Å²) in [4.78, 5) is 20.8. The maximum Gasteiger partial charge on any atom is 0.262 e. The fraction of sp³-hybridized carbons (Fsp3) is 0.500. The number of carbonyl (C=O) groups excluding carboxylic acids is 1. The molecule has 1 aromatic carbocycles. The van der Waals surface area contributed by atoms with E-state index in [9.17, 15) is 13.6 Å². The summed E-state index contributed by atoms with van der Waals surface area (Å²) in [6.07, 6.45) is -0.399. The highest BCUT2D eigenvalue weighted by Gasteiger charge is 2.43. The molecule has 0 saturated carbocycles. The molecule has 3 heterocycles. The SMILES string of the molecule is Cl.O=C(C1CC(F)(F)CN1)N1CCN(c2nc3ccccc3s2)CC1. The van der Waals surface area contributed by atoms with Crippen molar-refractivity contribution in [1.82, 2.24) is 15.2 Å². The van der Waals surface area contributed by atoms with E-state index in [1.165, 1.54) is 0 Å². The Labute approximate surface area is 154 Å². The smallest absolute Gasteiger partial charge is 0.262 e. The van der Waals surface area contributed by atoms with Crippen molar-refractivity contribution in [1.29, 1.82) is 0 Å². The van der Waals surface area contributed by atoms with Gasteiger partial charge in [-0.3, -0.25) is 10.1 Å². The molecule has 136 valence electrons. The van der Waals surface area contributed by atoms with E-state index >= 15 is 0 Å². The highest BCUT2D eigenvalue weighted by atomic mass is 35.5. The highest BCUT2D eigenvalue weighted by Crippen LogP contribution is 2.30. The summed E-state index contributed by atoms with van der Waals surface area (Å²) in [7, 11) is 0. The summed E-state index contributed by atoms with van der Waals surface area (Å²) in [5, 5.41) is 3.59. The number of fused-ring (bicyclic) bond motifs is 1. The molecule has 2 saturated heterocycles. The van der Waals surface area contributed by atoms with E-state index in [2.05, 4.69) is 15.2 Å². The van der Waals surface area contributed by atoms with Crippen LogP contribution in [0.2, 0.25) is 0 Å². The third-order valence-corrected chi connectivity index (χ3v) is 5.65. The monoisotopic (exact) mass is 388 g/mol. The number of alkyl halides is 2. The molecular formula is C16H19ClF2N4OS. The van der Waals surface area contributed by atoms with Crippen LogP contribution < -0.4 is 10.2 Å².